The first-order valence-corrected chi connectivity index (χ1v) is 9.87. The molecule has 0 radical (unpaired) electrons. The average molecular weight is 377 g/mol. The van der Waals surface area contributed by atoms with Crippen LogP contribution in [0.3, 0.4) is 0 Å². The summed E-state index contributed by atoms with van der Waals surface area (Å²) >= 11 is 0. The first-order chi connectivity index (χ1) is 12.6. The van der Waals surface area contributed by atoms with Crippen molar-refractivity contribution in [1.82, 2.24) is 9.88 Å². The van der Waals surface area contributed by atoms with Crippen LogP contribution in [0.5, 0.6) is 0 Å². The van der Waals surface area contributed by atoms with E-state index in [0.717, 1.165) is 19.3 Å². The number of carbonyl (C=O) groups excluding carboxylic acids is 1. The topological polar surface area (TPSA) is 70.6 Å². The highest BCUT2D eigenvalue weighted by molar-refractivity contribution is 7.93. The molecule has 1 aromatic carbocycles. The first kappa shape index (κ1) is 18.3. The molecule has 2 heterocycles. The summed E-state index contributed by atoms with van der Waals surface area (Å²) in [4.78, 5) is 18.2. The van der Waals surface area contributed by atoms with E-state index in [-0.39, 0.29) is 22.1 Å². The van der Waals surface area contributed by atoms with E-state index < -0.39 is 16.8 Å². The lowest BCUT2D eigenvalue weighted by molar-refractivity contribution is 0.0720. The molecular formula is C18H20FN3O3S. The SMILES string of the molecule is O=C(c1ccccc1S(=O)(=O)N(CF)c1cccnc1)N1CCCCC1. The predicted octanol–water partition coefficient (Wildman–Crippen LogP) is 2.83. The van der Waals surface area contributed by atoms with Crippen LogP contribution in [0.25, 0.3) is 0 Å². The summed E-state index contributed by atoms with van der Waals surface area (Å²) in [5, 5.41) is 0. The maximum absolute atomic E-state index is 13.6. The highest BCUT2D eigenvalue weighted by Crippen LogP contribution is 2.26. The summed E-state index contributed by atoms with van der Waals surface area (Å²) < 4.78 is 40.4. The van der Waals surface area contributed by atoms with E-state index in [1.807, 2.05) is 0 Å². The minimum atomic E-state index is -4.25. The molecule has 8 heteroatoms. The number of anilines is 1. The molecule has 1 fully saturated rings. The van der Waals surface area contributed by atoms with Gasteiger partial charge in [-0.25, -0.2) is 17.1 Å². The Balaban J connectivity index is 2.01. The van der Waals surface area contributed by atoms with Gasteiger partial charge in [0.25, 0.3) is 15.9 Å². The molecule has 1 saturated heterocycles. The van der Waals surface area contributed by atoms with Gasteiger partial charge in [0.15, 0.2) is 6.80 Å². The molecule has 0 aliphatic carbocycles. The molecule has 26 heavy (non-hydrogen) atoms. The number of alkyl halides is 1. The second-order valence-electron chi connectivity index (χ2n) is 6.03. The number of hydrogen-bond donors (Lipinski definition) is 0. The van der Waals surface area contributed by atoms with Gasteiger partial charge in [0, 0.05) is 19.3 Å². The number of aromatic nitrogens is 1. The molecule has 1 aliphatic heterocycles. The van der Waals surface area contributed by atoms with E-state index >= 15 is 0 Å². The average Bonchev–Trinajstić information content (AvgIpc) is 2.69. The van der Waals surface area contributed by atoms with Crippen molar-refractivity contribution in [2.45, 2.75) is 24.2 Å². The fourth-order valence-corrected chi connectivity index (χ4v) is 4.46. The van der Waals surface area contributed by atoms with Crippen LogP contribution in [0.1, 0.15) is 29.6 Å². The lowest BCUT2D eigenvalue weighted by atomic mass is 10.1. The molecule has 2 aromatic rings. The molecule has 0 unspecified atom stereocenters. The number of amides is 1. The lowest BCUT2D eigenvalue weighted by Gasteiger charge is -2.28. The van der Waals surface area contributed by atoms with E-state index in [0.29, 0.717) is 17.4 Å². The zero-order valence-electron chi connectivity index (χ0n) is 14.2. The van der Waals surface area contributed by atoms with Crippen molar-refractivity contribution in [2.24, 2.45) is 0 Å². The third kappa shape index (κ3) is 3.55. The zero-order chi connectivity index (χ0) is 18.6. The van der Waals surface area contributed by atoms with Crippen molar-refractivity contribution in [3.8, 4) is 0 Å². The fourth-order valence-electron chi connectivity index (χ4n) is 3.03. The van der Waals surface area contributed by atoms with Crippen LogP contribution in [-0.4, -0.2) is 44.1 Å². The third-order valence-corrected chi connectivity index (χ3v) is 6.17. The van der Waals surface area contributed by atoms with Gasteiger partial charge in [-0.2, -0.15) is 0 Å². The number of nitrogens with zero attached hydrogens (tertiary/aromatic N) is 3. The van der Waals surface area contributed by atoms with Crippen LogP contribution in [0.4, 0.5) is 10.1 Å². The molecular weight excluding hydrogens is 357 g/mol. The van der Waals surface area contributed by atoms with Crippen molar-refractivity contribution < 1.29 is 17.6 Å². The molecule has 0 N–H and O–H groups in total. The largest absolute Gasteiger partial charge is 0.339 e. The summed E-state index contributed by atoms with van der Waals surface area (Å²) in [7, 11) is -4.25. The van der Waals surface area contributed by atoms with E-state index in [9.17, 15) is 17.6 Å². The molecule has 0 bridgehead atoms. The highest BCUT2D eigenvalue weighted by Gasteiger charge is 2.31. The summed E-state index contributed by atoms with van der Waals surface area (Å²) in [5.41, 5.74) is 0.173. The number of carbonyl (C=O) groups is 1. The number of sulfonamides is 1. The third-order valence-electron chi connectivity index (χ3n) is 4.37. The molecule has 0 spiro atoms. The van der Waals surface area contributed by atoms with E-state index in [1.54, 1.807) is 11.0 Å². The van der Waals surface area contributed by atoms with Crippen molar-refractivity contribution in [3.05, 3.63) is 54.4 Å². The Labute approximate surface area is 152 Å². The monoisotopic (exact) mass is 377 g/mol. The van der Waals surface area contributed by atoms with Crippen molar-refractivity contribution in [3.63, 3.8) is 0 Å². The second kappa shape index (κ2) is 7.82. The Hall–Kier alpha value is -2.48. The van der Waals surface area contributed by atoms with E-state index in [4.69, 9.17) is 0 Å². The van der Waals surface area contributed by atoms with E-state index in [2.05, 4.69) is 4.98 Å². The van der Waals surface area contributed by atoms with Gasteiger partial charge >= 0.3 is 0 Å². The molecule has 1 aliphatic rings. The van der Waals surface area contributed by atoms with Gasteiger partial charge in [-0.1, -0.05) is 12.1 Å². The number of piperidine rings is 1. The number of hydrogen-bond acceptors (Lipinski definition) is 4. The summed E-state index contributed by atoms with van der Waals surface area (Å²) in [6.07, 6.45) is 5.59. The quantitative estimate of drug-likeness (QED) is 0.752. The smallest absolute Gasteiger partial charge is 0.267 e. The Morgan fingerprint density at radius 2 is 1.85 bits per heavy atom. The molecule has 0 atom stereocenters. The predicted molar refractivity (Wildman–Crippen MR) is 96.1 cm³/mol. The van der Waals surface area contributed by atoms with Gasteiger partial charge in [0.1, 0.15) is 4.90 Å². The minimum absolute atomic E-state index is 0.0664. The van der Waals surface area contributed by atoms with Crippen molar-refractivity contribution in [2.75, 3.05) is 24.2 Å². The van der Waals surface area contributed by atoms with E-state index in [1.165, 1.54) is 42.7 Å². The van der Waals surface area contributed by atoms with Gasteiger partial charge in [-0.15, -0.1) is 0 Å². The second-order valence-corrected chi connectivity index (χ2v) is 7.86. The molecule has 3 rings (SSSR count). The number of pyridine rings is 1. The fraction of sp³-hybridized carbons (Fsp3) is 0.333. The number of likely N-dealkylation sites (tertiary alicyclic amines) is 1. The van der Waals surface area contributed by atoms with Gasteiger partial charge in [-0.3, -0.25) is 9.78 Å². The number of benzene rings is 1. The normalized spacial score (nSPS) is 14.9. The Kier molecular flexibility index (Phi) is 5.51. The Morgan fingerprint density at radius 3 is 2.50 bits per heavy atom. The summed E-state index contributed by atoms with van der Waals surface area (Å²) in [6, 6.07) is 8.94. The highest BCUT2D eigenvalue weighted by atomic mass is 32.2. The number of halogens is 1. The summed E-state index contributed by atoms with van der Waals surface area (Å²) in [5.74, 6) is -0.339. The number of rotatable bonds is 5. The van der Waals surface area contributed by atoms with Crippen LogP contribution in [-0.2, 0) is 10.0 Å². The van der Waals surface area contributed by atoms with Gasteiger partial charge in [0.2, 0.25) is 0 Å². The molecule has 0 saturated carbocycles. The van der Waals surface area contributed by atoms with Crippen LogP contribution >= 0.6 is 0 Å². The minimum Gasteiger partial charge on any atom is -0.339 e. The standard InChI is InChI=1S/C18H20FN3O3S/c19-14-22(15-7-6-10-20-13-15)26(24,25)17-9-3-2-8-16(17)18(23)21-11-4-1-5-12-21/h2-3,6-10,13H,1,4-5,11-12,14H2. The van der Waals surface area contributed by atoms with Crippen LogP contribution in [0.15, 0.2) is 53.7 Å². The molecule has 1 aromatic heterocycles. The zero-order valence-corrected chi connectivity index (χ0v) is 15.0. The molecule has 138 valence electrons. The maximum Gasteiger partial charge on any atom is 0.267 e. The molecule has 6 nitrogen and oxygen atoms in total. The Morgan fingerprint density at radius 1 is 1.12 bits per heavy atom. The van der Waals surface area contributed by atoms with Crippen LogP contribution < -0.4 is 4.31 Å². The first-order valence-electron chi connectivity index (χ1n) is 8.43. The van der Waals surface area contributed by atoms with Gasteiger partial charge in [-0.05, 0) is 43.5 Å². The van der Waals surface area contributed by atoms with Crippen molar-refractivity contribution in [1.29, 1.82) is 0 Å². The van der Waals surface area contributed by atoms with Crippen molar-refractivity contribution >= 4 is 21.6 Å². The summed E-state index contributed by atoms with van der Waals surface area (Å²) in [6.45, 7) is -0.0500. The Bertz CT molecular complexity index is 868. The van der Waals surface area contributed by atoms with Crippen LogP contribution in [0, 0.1) is 0 Å². The van der Waals surface area contributed by atoms with Crippen LogP contribution in [0.2, 0.25) is 0 Å². The van der Waals surface area contributed by atoms with Gasteiger partial charge < -0.3 is 4.90 Å². The molecule has 1 amide bonds. The maximum atomic E-state index is 13.6. The van der Waals surface area contributed by atoms with Gasteiger partial charge in [0.05, 0.1) is 17.4 Å². The lowest BCUT2D eigenvalue weighted by Crippen LogP contribution is -2.37.